The van der Waals surface area contributed by atoms with Crippen molar-refractivity contribution in [3.8, 4) is 5.75 Å². The van der Waals surface area contributed by atoms with Crippen LogP contribution in [0, 0.1) is 6.92 Å². The van der Waals surface area contributed by atoms with Gasteiger partial charge in [-0.2, -0.15) is 0 Å². The van der Waals surface area contributed by atoms with Gasteiger partial charge in [-0.3, -0.25) is 0 Å². The first-order chi connectivity index (χ1) is 9.90. The number of halogens is 3. The molecule has 0 bridgehead atoms. The highest BCUT2D eigenvalue weighted by Crippen LogP contribution is 2.38. The van der Waals surface area contributed by atoms with E-state index in [1.807, 2.05) is 13.1 Å². The Balaban J connectivity index is 1.73. The van der Waals surface area contributed by atoms with Crippen molar-refractivity contribution in [2.45, 2.75) is 32.2 Å². The number of rotatable bonds is 4. The molecule has 0 atom stereocenters. The SMILES string of the molecule is Cc1cn(C2CC2)c(Nc2ccc(OC(F)(F)F)cc2)n1. The van der Waals surface area contributed by atoms with E-state index in [4.69, 9.17) is 0 Å². The topological polar surface area (TPSA) is 39.1 Å². The lowest BCUT2D eigenvalue weighted by Crippen LogP contribution is -2.17. The Morgan fingerprint density at radius 3 is 2.48 bits per heavy atom. The van der Waals surface area contributed by atoms with E-state index in [1.54, 1.807) is 0 Å². The molecule has 0 amide bonds. The summed E-state index contributed by atoms with van der Waals surface area (Å²) in [5, 5.41) is 3.12. The summed E-state index contributed by atoms with van der Waals surface area (Å²) in [5.74, 6) is 0.467. The Bertz CT molecular complexity index is 630. The predicted octanol–water partition coefficient (Wildman–Crippen LogP) is 4.17. The van der Waals surface area contributed by atoms with E-state index >= 15 is 0 Å². The molecular weight excluding hydrogens is 283 g/mol. The number of benzene rings is 1. The molecule has 0 spiro atoms. The van der Waals surface area contributed by atoms with Crippen molar-refractivity contribution in [1.29, 1.82) is 0 Å². The van der Waals surface area contributed by atoms with Crippen LogP contribution >= 0.6 is 0 Å². The van der Waals surface area contributed by atoms with Crippen molar-refractivity contribution >= 4 is 11.6 Å². The van der Waals surface area contributed by atoms with Crippen molar-refractivity contribution in [1.82, 2.24) is 9.55 Å². The molecule has 3 rings (SSSR count). The highest BCUT2D eigenvalue weighted by Gasteiger charge is 2.31. The monoisotopic (exact) mass is 297 g/mol. The lowest BCUT2D eigenvalue weighted by atomic mass is 10.3. The number of aryl methyl sites for hydroxylation is 1. The summed E-state index contributed by atoms with van der Waals surface area (Å²) >= 11 is 0. The second-order valence-corrected chi connectivity index (χ2v) is 5.04. The van der Waals surface area contributed by atoms with Gasteiger partial charge in [0.25, 0.3) is 0 Å². The molecule has 4 nitrogen and oxygen atoms in total. The number of ether oxygens (including phenoxy) is 1. The number of nitrogens with zero attached hydrogens (tertiary/aromatic N) is 2. The summed E-state index contributed by atoms with van der Waals surface area (Å²) in [6.07, 6.45) is -0.443. The first kappa shape index (κ1) is 13.8. The molecule has 21 heavy (non-hydrogen) atoms. The molecule has 1 saturated carbocycles. The van der Waals surface area contributed by atoms with Crippen molar-refractivity contribution in [3.05, 3.63) is 36.2 Å². The van der Waals surface area contributed by atoms with Gasteiger partial charge in [0.05, 0.1) is 5.69 Å². The number of hydrogen-bond acceptors (Lipinski definition) is 3. The third kappa shape index (κ3) is 3.48. The van der Waals surface area contributed by atoms with Gasteiger partial charge in [0.1, 0.15) is 5.75 Å². The van der Waals surface area contributed by atoms with Gasteiger partial charge >= 0.3 is 6.36 Å². The summed E-state index contributed by atoms with van der Waals surface area (Å²) in [7, 11) is 0. The number of nitrogens with one attached hydrogen (secondary N) is 1. The molecule has 0 saturated heterocycles. The molecule has 2 aromatic rings. The summed E-state index contributed by atoms with van der Waals surface area (Å²) in [6, 6.07) is 6.08. The second-order valence-electron chi connectivity index (χ2n) is 5.04. The average Bonchev–Trinajstić information content (AvgIpc) is 3.15. The Hall–Kier alpha value is -2.18. The van der Waals surface area contributed by atoms with E-state index in [-0.39, 0.29) is 5.75 Å². The van der Waals surface area contributed by atoms with Crippen molar-refractivity contribution in [2.75, 3.05) is 5.32 Å². The number of anilines is 2. The Labute approximate surface area is 119 Å². The lowest BCUT2D eigenvalue weighted by Gasteiger charge is -2.11. The third-order valence-corrected chi connectivity index (χ3v) is 3.14. The van der Waals surface area contributed by atoms with Crippen LogP contribution in [0.4, 0.5) is 24.8 Å². The van der Waals surface area contributed by atoms with Gasteiger partial charge in [0.15, 0.2) is 0 Å². The van der Waals surface area contributed by atoms with E-state index in [0.717, 1.165) is 18.5 Å². The summed E-state index contributed by atoms with van der Waals surface area (Å²) in [6.45, 7) is 1.91. The van der Waals surface area contributed by atoms with Gasteiger partial charge in [0, 0.05) is 17.9 Å². The molecule has 0 aliphatic heterocycles. The van der Waals surface area contributed by atoms with E-state index < -0.39 is 6.36 Å². The van der Waals surface area contributed by atoms with Crippen LogP contribution in [-0.2, 0) is 0 Å². The smallest absolute Gasteiger partial charge is 0.406 e. The average molecular weight is 297 g/mol. The van der Waals surface area contributed by atoms with Crippen LogP contribution in [-0.4, -0.2) is 15.9 Å². The number of hydrogen-bond donors (Lipinski definition) is 1. The summed E-state index contributed by atoms with van der Waals surface area (Å²) in [4.78, 5) is 4.39. The molecule has 1 heterocycles. The zero-order chi connectivity index (χ0) is 15.0. The molecule has 0 radical (unpaired) electrons. The van der Waals surface area contributed by atoms with Gasteiger partial charge in [-0.1, -0.05) is 0 Å². The Kier molecular flexibility index (Phi) is 3.27. The van der Waals surface area contributed by atoms with Gasteiger partial charge in [-0.25, -0.2) is 4.98 Å². The predicted molar refractivity (Wildman–Crippen MR) is 71.6 cm³/mol. The summed E-state index contributed by atoms with van der Waals surface area (Å²) < 4.78 is 42.2. The van der Waals surface area contributed by atoms with E-state index in [9.17, 15) is 13.2 Å². The Morgan fingerprint density at radius 1 is 1.24 bits per heavy atom. The fourth-order valence-electron chi connectivity index (χ4n) is 2.11. The van der Waals surface area contributed by atoms with Gasteiger partial charge in [0.2, 0.25) is 5.95 Å². The number of alkyl halides is 3. The fraction of sp³-hybridized carbons (Fsp3) is 0.357. The molecular formula is C14H14F3N3O. The van der Waals surface area contributed by atoms with Crippen LogP contribution in [0.5, 0.6) is 5.75 Å². The largest absolute Gasteiger partial charge is 0.573 e. The van der Waals surface area contributed by atoms with Crippen LogP contribution in [0.2, 0.25) is 0 Å². The van der Waals surface area contributed by atoms with E-state index in [2.05, 4.69) is 19.6 Å². The minimum atomic E-state index is -4.67. The zero-order valence-corrected chi connectivity index (χ0v) is 11.3. The second kappa shape index (κ2) is 4.98. The van der Waals surface area contributed by atoms with E-state index in [0.29, 0.717) is 17.7 Å². The van der Waals surface area contributed by atoms with Crippen molar-refractivity contribution < 1.29 is 17.9 Å². The van der Waals surface area contributed by atoms with Gasteiger partial charge in [-0.05, 0) is 44.0 Å². The molecule has 1 aromatic carbocycles. The van der Waals surface area contributed by atoms with Crippen LogP contribution in [0.15, 0.2) is 30.5 Å². The fourth-order valence-corrected chi connectivity index (χ4v) is 2.11. The van der Waals surface area contributed by atoms with Crippen LogP contribution in [0.3, 0.4) is 0 Å². The zero-order valence-electron chi connectivity index (χ0n) is 11.3. The molecule has 0 unspecified atom stereocenters. The number of aromatic nitrogens is 2. The molecule has 1 fully saturated rings. The maximum atomic E-state index is 12.1. The van der Waals surface area contributed by atoms with Crippen LogP contribution in [0.25, 0.3) is 0 Å². The first-order valence-electron chi connectivity index (χ1n) is 6.59. The molecule has 1 N–H and O–H groups in total. The molecule has 112 valence electrons. The summed E-state index contributed by atoms with van der Waals surface area (Å²) in [5.41, 5.74) is 1.57. The molecule has 7 heteroatoms. The Morgan fingerprint density at radius 2 is 1.90 bits per heavy atom. The maximum Gasteiger partial charge on any atom is 0.573 e. The molecule has 1 aromatic heterocycles. The molecule has 1 aliphatic carbocycles. The van der Waals surface area contributed by atoms with Crippen LogP contribution < -0.4 is 10.1 Å². The quantitative estimate of drug-likeness (QED) is 0.920. The lowest BCUT2D eigenvalue weighted by molar-refractivity contribution is -0.274. The van der Waals surface area contributed by atoms with Gasteiger partial charge < -0.3 is 14.6 Å². The maximum absolute atomic E-state index is 12.1. The minimum Gasteiger partial charge on any atom is -0.406 e. The normalized spacial score (nSPS) is 15.0. The highest BCUT2D eigenvalue weighted by molar-refractivity contribution is 5.55. The molecule has 1 aliphatic rings. The van der Waals surface area contributed by atoms with Crippen molar-refractivity contribution in [3.63, 3.8) is 0 Å². The minimum absolute atomic E-state index is 0.241. The van der Waals surface area contributed by atoms with Crippen LogP contribution in [0.1, 0.15) is 24.6 Å². The number of imidazole rings is 1. The van der Waals surface area contributed by atoms with Gasteiger partial charge in [-0.15, -0.1) is 13.2 Å². The van der Waals surface area contributed by atoms with E-state index in [1.165, 1.54) is 24.3 Å². The van der Waals surface area contributed by atoms with Crippen molar-refractivity contribution in [2.24, 2.45) is 0 Å². The first-order valence-corrected chi connectivity index (χ1v) is 6.59. The third-order valence-electron chi connectivity index (χ3n) is 3.14. The standard InChI is InChI=1S/C14H14F3N3O/c1-9-8-20(11-4-5-11)13(18-9)19-10-2-6-12(7-3-10)21-14(15,16)17/h2-3,6-8,11H,4-5H2,1H3,(H,18,19). The highest BCUT2D eigenvalue weighted by atomic mass is 19.4.